The van der Waals surface area contributed by atoms with Gasteiger partial charge in [0.15, 0.2) is 0 Å². The molecule has 2 unspecified atom stereocenters. The summed E-state index contributed by atoms with van der Waals surface area (Å²) in [6.07, 6.45) is 8.74. The lowest BCUT2D eigenvalue weighted by Crippen LogP contribution is -2.36. The van der Waals surface area contributed by atoms with Gasteiger partial charge < -0.3 is 10.4 Å². The van der Waals surface area contributed by atoms with Gasteiger partial charge in [0.05, 0.1) is 5.84 Å². The number of hydrogen-bond donors (Lipinski definition) is 2. The number of rotatable bonds is 3. The Morgan fingerprint density at radius 3 is 2.62 bits per heavy atom. The van der Waals surface area contributed by atoms with E-state index in [2.05, 4.69) is 10.3 Å². The molecule has 2 N–H and O–H groups in total. The number of nitrogens with one attached hydrogen (secondary N) is 1. The van der Waals surface area contributed by atoms with Crippen molar-refractivity contribution in [3.63, 3.8) is 0 Å². The van der Waals surface area contributed by atoms with E-state index in [0.29, 0.717) is 18.4 Å². The molecule has 2 rings (SSSR count). The van der Waals surface area contributed by atoms with E-state index >= 15 is 0 Å². The zero-order valence-electron chi connectivity index (χ0n) is 10.1. The van der Waals surface area contributed by atoms with E-state index in [1.807, 2.05) is 0 Å². The molecule has 0 aromatic rings. The molecule has 0 saturated heterocycles. The van der Waals surface area contributed by atoms with Crippen molar-refractivity contribution < 1.29 is 5.11 Å². The van der Waals surface area contributed by atoms with Crippen LogP contribution in [0.5, 0.6) is 0 Å². The van der Waals surface area contributed by atoms with Gasteiger partial charge in [0.2, 0.25) is 0 Å². The Bertz CT molecular complexity index is 240. The summed E-state index contributed by atoms with van der Waals surface area (Å²) in [5.74, 6) is 2.38. The van der Waals surface area contributed by atoms with Crippen LogP contribution < -0.4 is 5.32 Å². The highest BCUT2D eigenvalue weighted by molar-refractivity contribution is 5.82. The zero-order chi connectivity index (χ0) is 11.2. The summed E-state index contributed by atoms with van der Waals surface area (Å²) in [5.41, 5.74) is 0. The van der Waals surface area contributed by atoms with E-state index < -0.39 is 0 Å². The summed E-state index contributed by atoms with van der Waals surface area (Å²) in [7, 11) is 0. The van der Waals surface area contributed by atoms with Crippen LogP contribution in [-0.2, 0) is 0 Å². The van der Waals surface area contributed by atoms with Crippen molar-refractivity contribution in [2.24, 2.45) is 16.8 Å². The molecule has 0 aromatic heterocycles. The van der Waals surface area contributed by atoms with Gasteiger partial charge in [0.1, 0.15) is 0 Å². The van der Waals surface area contributed by atoms with Crippen LogP contribution in [0.1, 0.15) is 44.9 Å². The van der Waals surface area contributed by atoms with Crippen molar-refractivity contribution in [2.45, 2.75) is 44.9 Å². The van der Waals surface area contributed by atoms with E-state index in [1.54, 1.807) is 0 Å². The van der Waals surface area contributed by atoms with Crippen LogP contribution in [-0.4, -0.2) is 30.6 Å². The maximum Gasteiger partial charge on any atom is 0.0963 e. The minimum Gasteiger partial charge on any atom is -0.396 e. The van der Waals surface area contributed by atoms with Crippen molar-refractivity contribution in [3.8, 4) is 0 Å². The lowest BCUT2D eigenvalue weighted by atomic mass is 9.79. The van der Waals surface area contributed by atoms with E-state index in [9.17, 15) is 5.11 Å². The Kier molecular flexibility index (Phi) is 4.64. The second kappa shape index (κ2) is 6.24. The lowest BCUT2D eigenvalue weighted by Gasteiger charge is -2.31. The first kappa shape index (κ1) is 11.9. The van der Waals surface area contributed by atoms with E-state index in [0.717, 1.165) is 19.5 Å². The molecule has 2 atom stereocenters. The number of aliphatic hydroxyl groups is 1. The van der Waals surface area contributed by atoms with Gasteiger partial charge in [-0.25, -0.2) is 0 Å². The molecule has 1 aliphatic heterocycles. The van der Waals surface area contributed by atoms with E-state index in [4.69, 9.17) is 0 Å². The van der Waals surface area contributed by atoms with Crippen molar-refractivity contribution >= 4 is 5.84 Å². The van der Waals surface area contributed by atoms with Gasteiger partial charge in [-0.05, 0) is 37.5 Å². The first-order valence-electron chi connectivity index (χ1n) is 6.78. The highest BCUT2D eigenvalue weighted by Crippen LogP contribution is 2.29. The molecular formula is C13H24N2O. The maximum absolute atomic E-state index is 9.34. The molecule has 92 valence electrons. The second-order valence-corrected chi connectivity index (χ2v) is 5.15. The van der Waals surface area contributed by atoms with Gasteiger partial charge in [0.25, 0.3) is 0 Å². The monoisotopic (exact) mass is 224 g/mol. The Balaban J connectivity index is 1.76. The molecule has 1 saturated carbocycles. The molecule has 0 bridgehead atoms. The minimum atomic E-state index is 0.360. The molecule has 16 heavy (non-hydrogen) atoms. The number of hydrogen-bond acceptors (Lipinski definition) is 3. The third-order valence-electron chi connectivity index (χ3n) is 3.99. The fourth-order valence-corrected chi connectivity index (χ4v) is 2.88. The molecule has 3 nitrogen and oxygen atoms in total. The third kappa shape index (κ3) is 3.21. The Morgan fingerprint density at radius 2 is 1.94 bits per heavy atom. The lowest BCUT2D eigenvalue weighted by molar-refractivity contribution is 0.136. The van der Waals surface area contributed by atoms with Crippen LogP contribution in [0.2, 0.25) is 0 Å². The topological polar surface area (TPSA) is 44.6 Å². The Morgan fingerprint density at radius 1 is 1.12 bits per heavy atom. The van der Waals surface area contributed by atoms with E-state index in [1.165, 1.54) is 44.4 Å². The fourth-order valence-electron chi connectivity index (χ4n) is 2.88. The molecule has 0 radical (unpaired) electrons. The minimum absolute atomic E-state index is 0.360. The molecule has 1 fully saturated rings. The average Bonchev–Trinajstić information content (AvgIpc) is 2.38. The summed E-state index contributed by atoms with van der Waals surface area (Å²) < 4.78 is 0. The third-order valence-corrected chi connectivity index (χ3v) is 3.99. The number of amidine groups is 1. The van der Waals surface area contributed by atoms with Gasteiger partial charge in [-0.3, -0.25) is 4.99 Å². The normalized spacial score (nSPS) is 30.9. The first-order valence-corrected chi connectivity index (χ1v) is 6.78. The van der Waals surface area contributed by atoms with Crippen molar-refractivity contribution in [1.82, 2.24) is 5.32 Å². The second-order valence-electron chi connectivity index (χ2n) is 5.15. The maximum atomic E-state index is 9.34. The van der Waals surface area contributed by atoms with Crippen LogP contribution in [0.4, 0.5) is 0 Å². The summed E-state index contributed by atoms with van der Waals surface area (Å²) in [6.45, 7) is 2.37. The van der Waals surface area contributed by atoms with Gasteiger partial charge in [-0.15, -0.1) is 0 Å². The van der Waals surface area contributed by atoms with Crippen LogP contribution >= 0.6 is 0 Å². The predicted octanol–water partition coefficient (Wildman–Crippen LogP) is 1.96. The standard InChI is InChI=1S/C13H24N2O/c16-10-12-6-2-1-5-11(12)9-15-13-7-3-4-8-14-13/h11-12,16H,1-10H2,(H,14,15). The van der Waals surface area contributed by atoms with E-state index in [-0.39, 0.29) is 0 Å². The molecule has 3 heteroatoms. The van der Waals surface area contributed by atoms with Crippen LogP contribution in [0.25, 0.3) is 0 Å². The Labute approximate surface area is 98.3 Å². The molecule has 0 amide bonds. The smallest absolute Gasteiger partial charge is 0.0963 e. The van der Waals surface area contributed by atoms with Crippen LogP contribution in [0.15, 0.2) is 4.99 Å². The summed E-state index contributed by atoms with van der Waals surface area (Å²) in [5, 5.41) is 12.8. The molecule has 0 spiro atoms. The molecule has 1 heterocycles. The van der Waals surface area contributed by atoms with Crippen LogP contribution in [0, 0.1) is 11.8 Å². The SMILES string of the molecule is OCC1CCCCC1CNC1=NCCCC1. The summed E-state index contributed by atoms with van der Waals surface area (Å²) in [4.78, 5) is 4.51. The van der Waals surface area contributed by atoms with Crippen molar-refractivity contribution in [1.29, 1.82) is 0 Å². The highest BCUT2D eigenvalue weighted by atomic mass is 16.3. The van der Waals surface area contributed by atoms with Gasteiger partial charge in [0, 0.05) is 26.1 Å². The largest absolute Gasteiger partial charge is 0.396 e. The number of aliphatic imine (C=N–C) groups is 1. The molecule has 2 aliphatic rings. The summed E-state index contributed by atoms with van der Waals surface area (Å²) >= 11 is 0. The number of aliphatic hydroxyl groups excluding tert-OH is 1. The average molecular weight is 224 g/mol. The molecule has 1 aliphatic carbocycles. The van der Waals surface area contributed by atoms with Gasteiger partial charge in [-0.2, -0.15) is 0 Å². The molecule has 0 aromatic carbocycles. The Hall–Kier alpha value is -0.570. The summed E-state index contributed by atoms with van der Waals surface area (Å²) in [6, 6.07) is 0. The van der Waals surface area contributed by atoms with Gasteiger partial charge in [-0.1, -0.05) is 12.8 Å². The van der Waals surface area contributed by atoms with Crippen molar-refractivity contribution in [2.75, 3.05) is 19.7 Å². The quantitative estimate of drug-likeness (QED) is 0.769. The fraction of sp³-hybridized carbons (Fsp3) is 0.923. The van der Waals surface area contributed by atoms with Crippen molar-refractivity contribution in [3.05, 3.63) is 0 Å². The predicted molar refractivity (Wildman–Crippen MR) is 66.7 cm³/mol. The number of nitrogens with zero attached hydrogens (tertiary/aromatic N) is 1. The molecular weight excluding hydrogens is 200 g/mol. The van der Waals surface area contributed by atoms with Gasteiger partial charge >= 0.3 is 0 Å². The first-order chi connectivity index (χ1) is 7.90. The van der Waals surface area contributed by atoms with Crippen LogP contribution in [0.3, 0.4) is 0 Å². The highest BCUT2D eigenvalue weighted by Gasteiger charge is 2.24. The zero-order valence-corrected chi connectivity index (χ0v) is 10.1.